The standard InChI is InChI=1S/C16H13NO3/c1-12(18)15(11-13-7-3-2-4-8-13)14-9-5-6-10-16(14)17(19)20/h2-11H,1H3. The van der Waals surface area contributed by atoms with Crippen molar-refractivity contribution >= 4 is 23.1 Å². The van der Waals surface area contributed by atoms with Gasteiger partial charge in [0.15, 0.2) is 5.78 Å². The first kappa shape index (κ1) is 13.7. The normalized spacial score (nSPS) is 11.2. The van der Waals surface area contributed by atoms with Gasteiger partial charge >= 0.3 is 0 Å². The molecule has 4 heteroatoms. The lowest BCUT2D eigenvalue weighted by molar-refractivity contribution is -0.385. The van der Waals surface area contributed by atoms with Gasteiger partial charge in [-0.05, 0) is 24.6 Å². The molecule has 0 bridgehead atoms. The van der Waals surface area contributed by atoms with Crippen molar-refractivity contribution < 1.29 is 9.72 Å². The number of Topliss-reactive ketones (excluding diaryl/α,β-unsaturated/α-hetero) is 1. The quantitative estimate of drug-likeness (QED) is 0.367. The van der Waals surface area contributed by atoms with Gasteiger partial charge in [-0.2, -0.15) is 0 Å². The molecule has 0 saturated carbocycles. The van der Waals surface area contributed by atoms with Gasteiger partial charge in [0.2, 0.25) is 0 Å². The van der Waals surface area contributed by atoms with Crippen molar-refractivity contribution in [2.24, 2.45) is 0 Å². The van der Waals surface area contributed by atoms with Gasteiger partial charge < -0.3 is 0 Å². The number of para-hydroxylation sites is 1. The Morgan fingerprint density at radius 2 is 1.65 bits per heavy atom. The second kappa shape index (κ2) is 5.93. The molecule has 2 aromatic carbocycles. The van der Waals surface area contributed by atoms with Crippen molar-refractivity contribution in [3.05, 3.63) is 75.8 Å². The molecule has 2 rings (SSSR count). The van der Waals surface area contributed by atoms with E-state index in [9.17, 15) is 14.9 Å². The highest BCUT2D eigenvalue weighted by Gasteiger charge is 2.18. The summed E-state index contributed by atoms with van der Waals surface area (Å²) in [4.78, 5) is 22.4. The first-order valence-electron chi connectivity index (χ1n) is 6.11. The van der Waals surface area contributed by atoms with E-state index in [0.717, 1.165) is 5.56 Å². The number of carbonyl (C=O) groups is 1. The molecule has 20 heavy (non-hydrogen) atoms. The minimum absolute atomic E-state index is 0.0649. The van der Waals surface area contributed by atoms with E-state index in [1.807, 2.05) is 30.3 Å². The third-order valence-corrected chi connectivity index (χ3v) is 2.88. The molecule has 0 amide bonds. The third-order valence-electron chi connectivity index (χ3n) is 2.88. The molecule has 0 aliphatic rings. The van der Waals surface area contributed by atoms with Crippen molar-refractivity contribution in [1.29, 1.82) is 0 Å². The van der Waals surface area contributed by atoms with Crippen molar-refractivity contribution in [1.82, 2.24) is 0 Å². The average Bonchev–Trinajstić information content (AvgIpc) is 2.45. The van der Waals surface area contributed by atoms with Gasteiger partial charge in [-0.15, -0.1) is 0 Å². The second-order valence-electron chi connectivity index (χ2n) is 4.30. The lowest BCUT2D eigenvalue weighted by atomic mass is 9.98. The summed E-state index contributed by atoms with van der Waals surface area (Å²) in [5.41, 5.74) is 1.44. The summed E-state index contributed by atoms with van der Waals surface area (Å²) >= 11 is 0. The molecule has 100 valence electrons. The molecule has 0 unspecified atom stereocenters. The smallest absolute Gasteiger partial charge is 0.277 e. The molecule has 0 aliphatic carbocycles. The molecule has 4 nitrogen and oxygen atoms in total. The number of allylic oxidation sites excluding steroid dienone is 1. The Hall–Kier alpha value is -2.75. The Labute approximate surface area is 116 Å². The van der Waals surface area contributed by atoms with Gasteiger partial charge in [-0.25, -0.2) is 0 Å². The fourth-order valence-electron chi connectivity index (χ4n) is 1.95. The van der Waals surface area contributed by atoms with Crippen molar-refractivity contribution in [3.8, 4) is 0 Å². The van der Waals surface area contributed by atoms with E-state index < -0.39 is 4.92 Å². The molecular weight excluding hydrogens is 254 g/mol. The van der Waals surface area contributed by atoms with Crippen LogP contribution in [0.1, 0.15) is 18.1 Å². The number of nitro groups is 1. The average molecular weight is 267 g/mol. The summed E-state index contributed by atoms with van der Waals surface area (Å²) in [5, 5.41) is 11.1. The van der Waals surface area contributed by atoms with Gasteiger partial charge in [0.1, 0.15) is 0 Å². The SMILES string of the molecule is CC(=O)C(=Cc1ccccc1)c1ccccc1[N+](=O)[O-]. The highest BCUT2D eigenvalue weighted by atomic mass is 16.6. The predicted molar refractivity (Wildman–Crippen MR) is 78.1 cm³/mol. The number of hydrogen-bond donors (Lipinski definition) is 0. The van der Waals surface area contributed by atoms with Crippen LogP contribution in [0.25, 0.3) is 11.6 Å². The fourth-order valence-corrected chi connectivity index (χ4v) is 1.95. The molecule has 0 N–H and O–H groups in total. The number of ketones is 1. The first-order chi connectivity index (χ1) is 9.59. The van der Waals surface area contributed by atoms with Gasteiger partial charge in [0, 0.05) is 11.6 Å². The zero-order valence-corrected chi connectivity index (χ0v) is 10.9. The highest BCUT2D eigenvalue weighted by Crippen LogP contribution is 2.28. The van der Waals surface area contributed by atoms with Crippen molar-refractivity contribution in [2.75, 3.05) is 0 Å². The van der Waals surface area contributed by atoms with Crippen molar-refractivity contribution in [2.45, 2.75) is 6.92 Å². The zero-order valence-electron chi connectivity index (χ0n) is 10.9. The number of benzene rings is 2. The Bertz CT molecular complexity index is 675. The zero-order chi connectivity index (χ0) is 14.5. The van der Waals surface area contributed by atoms with Crippen LogP contribution in [0.3, 0.4) is 0 Å². The van der Waals surface area contributed by atoms with Crippen LogP contribution < -0.4 is 0 Å². The highest BCUT2D eigenvalue weighted by molar-refractivity contribution is 6.25. The van der Waals surface area contributed by atoms with E-state index >= 15 is 0 Å². The van der Waals surface area contributed by atoms with Gasteiger partial charge in [0.25, 0.3) is 5.69 Å². The number of hydrogen-bond acceptors (Lipinski definition) is 3. The Morgan fingerprint density at radius 1 is 1.05 bits per heavy atom. The molecule has 0 fully saturated rings. The third kappa shape index (κ3) is 2.98. The summed E-state index contributed by atoms with van der Waals surface area (Å²) in [6.07, 6.45) is 1.67. The lowest BCUT2D eigenvalue weighted by Crippen LogP contribution is -2.00. The molecule has 0 saturated heterocycles. The summed E-state index contributed by atoms with van der Waals surface area (Å²) in [6.45, 7) is 1.41. The molecule has 2 aromatic rings. The summed E-state index contributed by atoms with van der Waals surface area (Å²) in [5.74, 6) is -0.205. The molecule has 0 heterocycles. The molecule has 0 atom stereocenters. The monoisotopic (exact) mass is 267 g/mol. The van der Waals surface area contributed by atoms with E-state index in [1.165, 1.54) is 13.0 Å². The maximum atomic E-state index is 11.8. The number of carbonyl (C=O) groups excluding carboxylic acids is 1. The molecule has 0 spiro atoms. The number of rotatable bonds is 4. The summed E-state index contributed by atoms with van der Waals surface area (Å²) in [6, 6.07) is 15.5. The van der Waals surface area contributed by atoms with Crippen LogP contribution in [-0.4, -0.2) is 10.7 Å². The van der Waals surface area contributed by atoms with Crippen LogP contribution in [0, 0.1) is 10.1 Å². The van der Waals surface area contributed by atoms with Crippen LogP contribution >= 0.6 is 0 Å². The topological polar surface area (TPSA) is 60.2 Å². The molecule has 0 aliphatic heterocycles. The molecular formula is C16H13NO3. The minimum Gasteiger partial charge on any atom is -0.294 e. The first-order valence-corrected chi connectivity index (χ1v) is 6.11. The van der Waals surface area contributed by atoms with Crippen LogP contribution in [0.4, 0.5) is 5.69 Å². The maximum Gasteiger partial charge on any atom is 0.277 e. The van der Waals surface area contributed by atoms with Crippen molar-refractivity contribution in [3.63, 3.8) is 0 Å². The van der Waals surface area contributed by atoms with E-state index in [1.54, 1.807) is 24.3 Å². The van der Waals surface area contributed by atoms with E-state index in [2.05, 4.69) is 0 Å². The summed E-state index contributed by atoms with van der Waals surface area (Å²) in [7, 11) is 0. The Morgan fingerprint density at radius 3 is 2.25 bits per heavy atom. The maximum absolute atomic E-state index is 11.8. The van der Waals surface area contributed by atoms with Gasteiger partial charge in [0.05, 0.1) is 10.5 Å². The van der Waals surface area contributed by atoms with Crippen LogP contribution in [0.2, 0.25) is 0 Å². The van der Waals surface area contributed by atoms with Gasteiger partial charge in [-0.3, -0.25) is 14.9 Å². The predicted octanol–water partition coefficient (Wildman–Crippen LogP) is 3.72. The van der Waals surface area contributed by atoms with E-state index in [-0.39, 0.29) is 11.5 Å². The Kier molecular flexibility index (Phi) is 4.05. The Balaban J connectivity index is 2.59. The second-order valence-corrected chi connectivity index (χ2v) is 4.30. The van der Waals surface area contributed by atoms with Crippen LogP contribution in [0.5, 0.6) is 0 Å². The molecule has 0 aromatic heterocycles. The van der Waals surface area contributed by atoms with Crippen LogP contribution in [0.15, 0.2) is 54.6 Å². The van der Waals surface area contributed by atoms with Gasteiger partial charge in [-0.1, -0.05) is 42.5 Å². The van der Waals surface area contributed by atoms with Crippen LogP contribution in [-0.2, 0) is 4.79 Å². The molecule has 0 radical (unpaired) electrons. The number of nitro benzene ring substituents is 1. The van der Waals surface area contributed by atoms with E-state index in [0.29, 0.717) is 11.1 Å². The largest absolute Gasteiger partial charge is 0.294 e. The van der Waals surface area contributed by atoms with E-state index in [4.69, 9.17) is 0 Å². The summed E-state index contributed by atoms with van der Waals surface area (Å²) < 4.78 is 0. The number of nitrogens with zero attached hydrogens (tertiary/aromatic N) is 1. The fraction of sp³-hybridized carbons (Fsp3) is 0.0625. The minimum atomic E-state index is -0.475. The lowest BCUT2D eigenvalue weighted by Gasteiger charge is -2.05.